The lowest BCUT2D eigenvalue weighted by Gasteiger charge is -2.28. The summed E-state index contributed by atoms with van der Waals surface area (Å²) in [5.41, 5.74) is 8.08. The van der Waals surface area contributed by atoms with Gasteiger partial charge in [0.05, 0.1) is 37.8 Å². The number of benzene rings is 1. The summed E-state index contributed by atoms with van der Waals surface area (Å²) >= 11 is 0. The molecule has 9 nitrogen and oxygen atoms in total. The van der Waals surface area contributed by atoms with Crippen molar-refractivity contribution in [2.24, 2.45) is 5.92 Å². The van der Waals surface area contributed by atoms with Crippen LogP contribution in [0.3, 0.4) is 0 Å². The Morgan fingerprint density at radius 3 is 2.70 bits per heavy atom. The molecular weight excluding hydrogens is 386 g/mol. The molecule has 1 aliphatic carbocycles. The standard InChI is InChI=1S/C21H25N5O4/c1-21(2)29-17-13(9-28-8-12-6-4-3-5-7-12)16(27)15(18(17)30-21)26-11-25-14-19(22)23-10-24-20(14)26/h3-7,10-11,13,15-18,27H,8-9H2,1-2H3,(H2,22,23,24)/t13-,15+,16-,17+,18-/m1/s1. The molecular formula is C21H25N5O4. The van der Waals surface area contributed by atoms with Crippen LogP contribution in [-0.4, -0.2) is 55.3 Å². The number of nitrogens with two attached hydrogens (primary N) is 1. The Kier molecular flexibility index (Phi) is 4.70. The van der Waals surface area contributed by atoms with Crippen LogP contribution >= 0.6 is 0 Å². The maximum Gasteiger partial charge on any atom is 0.165 e. The Bertz CT molecular complexity index is 1040. The average molecular weight is 411 g/mol. The number of nitrogen functional groups attached to an aromatic ring is 1. The fraction of sp³-hybridized carbons (Fsp3) is 0.476. The zero-order valence-electron chi connectivity index (χ0n) is 16.9. The summed E-state index contributed by atoms with van der Waals surface area (Å²) in [6.07, 6.45) is 1.58. The molecule has 5 atom stereocenters. The third kappa shape index (κ3) is 3.24. The third-order valence-corrected chi connectivity index (χ3v) is 5.84. The number of aromatic nitrogens is 4. The molecule has 9 heteroatoms. The molecule has 0 spiro atoms. The smallest absolute Gasteiger partial charge is 0.165 e. The van der Waals surface area contributed by atoms with E-state index in [-0.39, 0.29) is 18.1 Å². The van der Waals surface area contributed by atoms with Crippen molar-refractivity contribution < 1.29 is 19.3 Å². The summed E-state index contributed by atoms with van der Waals surface area (Å²) in [5.74, 6) is -0.716. The monoisotopic (exact) mass is 411 g/mol. The first-order valence-electron chi connectivity index (χ1n) is 10.0. The van der Waals surface area contributed by atoms with Gasteiger partial charge < -0.3 is 29.6 Å². The molecule has 1 saturated carbocycles. The molecule has 3 N–H and O–H groups in total. The van der Waals surface area contributed by atoms with Gasteiger partial charge in [-0.1, -0.05) is 30.3 Å². The highest BCUT2D eigenvalue weighted by Gasteiger charge is 2.59. The Morgan fingerprint density at radius 2 is 1.90 bits per heavy atom. The number of rotatable bonds is 5. The molecule has 1 aliphatic heterocycles. The highest BCUT2D eigenvalue weighted by atomic mass is 16.8. The van der Waals surface area contributed by atoms with Crippen molar-refractivity contribution in [3.63, 3.8) is 0 Å². The predicted molar refractivity (Wildman–Crippen MR) is 108 cm³/mol. The van der Waals surface area contributed by atoms with Crippen molar-refractivity contribution in [1.82, 2.24) is 19.5 Å². The van der Waals surface area contributed by atoms with Crippen molar-refractivity contribution >= 4 is 17.0 Å². The minimum Gasteiger partial charge on any atom is -0.390 e. The van der Waals surface area contributed by atoms with Gasteiger partial charge in [0.25, 0.3) is 0 Å². The van der Waals surface area contributed by atoms with E-state index in [9.17, 15) is 5.11 Å². The number of aliphatic hydroxyl groups excluding tert-OH is 1. The quantitative estimate of drug-likeness (QED) is 0.651. The lowest BCUT2D eigenvalue weighted by Crippen LogP contribution is -2.35. The molecule has 2 aromatic heterocycles. The summed E-state index contributed by atoms with van der Waals surface area (Å²) in [5, 5.41) is 11.3. The number of ether oxygens (including phenoxy) is 3. The largest absolute Gasteiger partial charge is 0.390 e. The second-order valence-electron chi connectivity index (χ2n) is 8.29. The summed E-state index contributed by atoms with van der Waals surface area (Å²) in [7, 11) is 0. The number of fused-ring (bicyclic) bond motifs is 2. The predicted octanol–water partition coefficient (Wildman–Crippen LogP) is 1.68. The van der Waals surface area contributed by atoms with Gasteiger partial charge in [-0.2, -0.15) is 0 Å². The first-order chi connectivity index (χ1) is 14.4. The van der Waals surface area contributed by atoms with Crippen molar-refractivity contribution in [1.29, 1.82) is 0 Å². The third-order valence-electron chi connectivity index (χ3n) is 5.84. The molecule has 0 amide bonds. The fourth-order valence-electron chi connectivity index (χ4n) is 4.55. The van der Waals surface area contributed by atoms with Gasteiger partial charge in [0.1, 0.15) is 17.9 Å². The van der Waals surface area contributed by atoms with E-state index < -0.39 is 17.9 Å². The maximum absolute atomic E-state index is 11.3. The Hall–Kier alpha value is -2.59. The number of imidazole rings is 1. The van der Waals surface area contributed by atoms with Crippen molar-refractivity contribution in [2.75, 3.05) is 12.3 Å². The number of aliphatic hydroxyl groups is 1. The molecule has 3 heterocycles. The molecule has 5 rings (SSSR count). The van der Waals surface area contributed by atoms with E-state index in [4.69, 9.17) is 19.9 Å². The SMILES string of the molecule is CC1(C)O[C@H]2[C@H](COCc3ccccc3)[C@@H](O)[C@H](n3cnc4c(N)ncnc43)[C@H]2O1. The molecule has 158 valence electrons. The summed E-state index contributed by atoms with van der Waals surface area (Å²) in [6.45, 7) is 4.57. The van der Waals surface area contributed by atoms with E-state index in [0.717, 1.165) is 5.56 Å². The van der Waals surface area contributed by atoms with E-state index in [2.05, 4.69) is 15.0 Å². The van der Waals surface area contributed by atoms with Crippen LogP contribution in [0.25, 0.3) is 11.2 Å². The molecule has 30 heavy (non-hydrogen) atoms. The highest BCUT2D eigenvalue weighted by Crippen LogP contribution is 2.47. The second kappa shape index (κ2) is 7.28. The van der Waals surface area contributed by atoms with Crippen LogP contribution in [0.1, 0.15) is 25.5 Å². The van der Waals surface area contributed by atoms with Gasteiger partial charge in [-0.05, 0) is 19.4 Å². The fourth-order valence-corrected chi connectivity index (χ4v) is 4.55. The molecule has 3 aromatic rings. The van der Waals surface area contributed by atoms with E-state index in [1.807, 2.05) is 48.7 Å². The van der Waals surface area contributed by atoms with Crippen molar-refractivity contribution in [2.45, 2.75) is 50.6 Å². The van der Waals surface area contributed by atoms with Crippen molar-refractivity contribution in [3.05, 3.63) is 48.5 Å². The molecule has 0 radical (unpaired) electrons. The first kappa shape index (κ1) is 19.4. The number of hydrogen-bond donors (Lipinski definition) is 2. The average Bonchev–Trinajstić information content (AvgIpc) is 3.34. The van der Waals surface area contributed by atoms with E-state index >= 15 is 0 Å². The van der Waals surface area contributed by atoms with Gasteiger partial charge >= 0.3 is 0 Å². The topological polar surface area (TPSA) is 118 Å². The number of anilines is 1. The van der Waals surface area contributed by atoms with Crippen LogP contribution in [0.4, 0.5) is 5.82 Å². The lowest BCUT2D eigenvalue weighted by atomic mass is 10.0. The molecule has 1 aromatic carbocycles. The Labute approximate surface area is 173 Å². The number of nitrogens with zero attached hydrogens (tertiary/aromatic N) is 4. The summed E-state index contributed by atoms with van der Waals surface area (Å²) in [4.78, 5) is 12.7. The molecule has 1 saturated heterocycles. The van der Waals surface area contributed by atoms with Crippen LogP contribution in [0, 0.1) is 5.92 Å². The van der Waals surface area contributed by atoms with E-state index in [1.54, 1.807) is 6.33 Å². The zero-order valence-corrected chi connectivity index (χ0v) is 16.9. The molecule has 0 bridgehead atoms. The van der Waals surface area contributed by atoms with Gasteiger partial charge in [-0.15, -0.1) is 0 Å². The summed E-state index contributed by atoms with van der Waals surface area (Å²) in [6, 6.07) is 9.51. The molecule has 2 fully saturated rings. The minimum atomic E-state index is -0.763. The Morgan fingerprint density at radius 1 is 1.13 bits per heavy atom. The summed E-state index contributed by atoms with van der Waals surface area (Å²) < 4.78 is 20.1. The normalized spacial score (nSPS) is 30.0. The first-order valence-corrected chi connectivity index (χ1v) is 10.0. The van der Waals surface area contributed by atoms with Crippen LogP contribution in [0.5, 0.6) is 0 Å². The van der Waals surface area contributed by atoms with Crippen LogP contribution in [0.15, 0.2) is 43.0 Å². The Balaban J connectivity index is 1.42. The number of hydrogen-bond acceptors (Lipinski definition) is 8. The minimum absolute atomic E-state index is 0.262. The second-order valence-corrected chi connectivity index (χ2v) is 8.29. The van der Waals surface area contributed by atoms with E-state index in [1.165, 1.54) is 6.33 Å². The van der Waals surface area contributed by atoms with Crippen molar-refractivity contribution in [3.8, 4) is 0 Å². The zero-order chi connectivity index (χ0) is 20.9. The van der Waals surface area contributed by atoms with Crippen LogP contribution in [-0.2, 0) is 20.8 Å². The van der Waals surface area contributed by atoms with Crippen LogP contribution in [0.2, 0.25) is 0 Å². The lowest BCUT2D eigenvalue weighted by molar-refractivity contribution is -0.174. The van der Waals surface area contributed by atoms with Gasteiger partial charge in [-0.25, -0.2) is 15.0 Å². The molecule has 2 aliphatic rings. The molecule has 0 unspecified atom stereocenters. The highest BCUT2D eigenvalue weighted by molar-refractivity contribution is 5.81. The maximum atomic E-state index is 11.3. The van der Waals surface area contributed by atoms with Gasteiger partial charge in [0.15, 0.2) is 17.3 Å². The van der Waals surface area contributed by atoms with Gasteiger partial charge in [0.2, 0.25) is 0 Å². The van der Waals surface area contributed by atoms with Gasteiger partial charge in [-0.3, -0.25) is 0 Å². The van der Waals surface area contributed by atoms with Crippen LogP contribution < -0.4 is 5.73 Å². The van der Waals surface area contributed by atoms with Gasteiger partial charge in [0, 0.05) is 5.92 Å². The van der Waals surface area contributed by atoms with E-state index in [0.29, 0.717) is 30.2 Å².